The molecule has 0 saturated carbocycles. The molecule has 0 saturated heterocycles. The predicted octanol–water partition coefficient (Wildman–Crippen LogP) is 0.749. The van der Waals surface area contributed by atoms with Crippen LogP contribution in [0.15, 0.2) is 24.3 Å². The smallest absolute Gasteiger partial charge is 0.404 e. The van der Waals surface area contributed by atoms with E-state index < -0.39 is 6.09 Å². The lowest BCUT2D eigenvalue weighted by atomic mass is 9.86. The van der Waals surface area contributed by atoms with Crippen molar-refractivity contribution in [3.8, 4) is 0 Å². The second-order valence-corrected chi connectivity index (χ2v) is 4.51. The predicted molar refractivity (Wildman–Crippen MR) is 67.5 cm³/mol. The normalized spacial score (nSPS) is 19.9. The summed E-state index contributed by atoms with van der Waals surface area (Å²) in [5.41, 5.74) is 2.44. The number of amides is 1. The van der Waals surface area contributed by atoms with Crippen LogP contribution >= 0.6 is 0 Å². The van der Waals surface area contributed by atoms with E-state index in [4.69, 9.17) is 5.11 Å². The standard InChI is InChI=1S/C13H18N2O3/c16-8-10(7-15-13(17)18)12-11-4-2-1-3-9(11)5-6-14-12/h1-4,10,12,14-16H,5-8H2,(H,17,18). The molecule has 0 bridgehead atoms. The summed E-state index contributed by atoms with van der Waals surface area (Å²) in [6, 6.07) is 8.10. The second kappa shape index (κ2) is 5.84. The molecule has 18 heavy (non-hydrogen) atoms. The van der Waals surface area contributed by atoms with Crippen molar-refractivity contribution >= 4 is 6.09 Å². The number of carboxylic acid groups (broad SMARTS) is 1. The summed E-state index contributed by atoms with van der Waals surface area (Å²) in [7, 11) is 0. The first kappa shape index (κ1) is 12.9. The van der Waals surface area contributed by atoms with E-state index in [1.807, 2.05) is 18.2 Å². The van der Waals surface area contributed by atoms with Crippen molar-refractivity contribution in [2.75, 3.05) is 19.7 Å². The number of carbonyl (C=O) groups is 1. The number of benzene rings is 1. The monoisotopic (exact) mass is 250 g/mol. The third-order valence-corrected chi connectivity index (χ3v) is 3.37. The lowest BCUT2D eigenvalue weighted by molar-refractivity contribution is 0.168. The summed E-state index contributed by atoms with van der Waals surface area (Å²) in [5, 5.41) is 23.8. The van der Waals surface area contributed by atoms with Gasteiger partial charge < -0.3 is 20.8 Å². The van der Waals surface area contributed by atoms with Gasteiger partial charge >= 0.3 is 6.09 Å². The molecule has 1 aromatic carbocycles. The number of fused-ring (bicyclic) bond motifs is 1. The fourth-order valence-electron chi connectivity index (χ4n) is 2.46. The Balaban J connectivity index is 2.14. The molecule has 1 aliphatic rings. The van der Waals surface area contributed by atoms with Gasteiger partial charge in [-0.05, 0) is 24.1 Å². The van der Waals surface area contributed by atoms with Gasteiger partial charge in [-0.15, -0.1) is 0 Å². The van der Waals surface area contributed by atoms with Gasteiger partial charge in [0.1, 0.15) is 0 Å². The zero-order chi connectivity index (χ0) is 13.0. The van der Waals surface area contributed by atoms with E-state index in [0.717, 1.165) is 18.5 Å². The van der Waals surface area contributed by atoms with Crippen LogP contribution in [-0.4, -0.2) is 36.0 Å². The lowest BCUT2D eigenvalue weighted by Crippen LogP contribution is -2.41. The molecule has 2 rings (SSSR count). The van der Waals surface area contributed by atoms with Gasteiger partial charge in [0.25, 0.3) is 0 Å². The highest BCUT2D eigenvalue weighted by Gasteiger charge is 2.27. The topological polar surface area (TPSA) is 81.6 Å². The van der Waals surface area contributed by atoms with Gasteiger partial charge in [0.15, 0.2) is 0 Å². The molecule has 0 spiro atoms. The molecule has 5 nitrogen and oxygen atoms in total. The average Bonchev–Trinajstić information content (AvgIpc) is 2.39. The van der Waals surface area contributed by atoms with Crippen molar-refractivity contribution in [3.63, 3.8) is 0 Å². The molecular formula is C13H18N2O3. The van der Waals surface area contributed by atoms with Gasteiger partial charge in [0, 0.05) is 25.1 Å². The highest BCUT2D eigenvalue weighted by Crippen LogP contribution is 2.28. The van der Waals surface area contributed by atoms with Crippen molar-refractivity contribution in [3.05, 3.63) is 35.4 Å². The van der Waals surface area contributed by atoms with Gasteiger partial charge in [-0.1, -0.05) is 24.3 Å². The van der Waals surface area contributed by atoms with E-state index in [2.05, 4.69) is 16.7 Å². The van der Waals surface area contributed by atoms with Crippen LogP contribution in [-0.2, 0) is 6.42 Å². The van der Waals surface area contributed by atoms with E-state index >= 15 is 0 Å². The van der Waals surface area contributed by atoms with Gasteiger partial charge in [0.2, 0.25) is 0 Å². The first-order valence-corrected chi connectivity index (χ1v) is 6.11. The Kier molecular flexibility index (Phi) is 4.17. The minimum absolute atomic E-state index is 0.00630. The van der Waals surface area contributed by atoms with Gasteiger partial charge in [-0.3, -0.25) is 0 Å². The molecule has 1 heterocycles. The molecule has 4 N–H and O–H groups in total. The maximum absolute atomic E-state index is 10.5. The molecule has 1 aromatic rings. The number of hydrogen-bond donors (Lipinski definition) is 4. The fraction of sp³-hybridized carbons (Fsp3) is 0.462. The summed E-state index contributed by atoms with van der Waals surface area (Å²) >= 11 is 0. The molecule has 98 valence electrons. The Morgan fingerprint density at radius 1 is 1.50 bits per heavy atom. The number of aliphatic hydroxyl groups is 1. The number of hydrogen-bond acceptors (Lipinski definition) is 3. The maximum Gasteiger partial charge on any atom is 0.404 e. The zero-order valence-corrected chi connectivity index (χ0v) is 10.1. The summed E-state index contributed by atoms with van der Waals surface area (Å²) in [5.74, 6) is -0.150. The van der Waals surface area contributed by atoms with Crippen LogP contribution < -0.4 is 10.6 Å². The SMILES string of the molecule is O=C(O)NCC(CO)C1NCCc2ccccc21. The summed E-state index contributed by atoms with van der Waals surface area (Å²) < 4.78 is 0. The molecule has 5 heteroatoms. The second-order valence-electron chi connectivity index (χ2n) is 4.51. The highest BCUT2D eigenvalue weighted by atomic mass is 16.4. The molecule has 0 fully saturated rings. The van der Waals surface area contributed by atoms with Crippen LogP contribution in [0.1, 0.15) is 17.2 Å². The summed E-state index contributed by atoms with van der Waals surface area (Å²) in [6.45, 7) is 1.05. The van der Waals surface area contributed by atoms with Crippen molar-refractivity contribution in [2.45, 2.75) is 12.5 Å². The molecule has 2 atom stereocenters. The Morgan fingerprint density at radius 2 is 2.28 bits per heavy atom. The number of nitrogens with one attached hydrogen (secondary N) is 2. The van der Waals surface area contributed by atoms with Crippen LogP contribution in [0, 0.1) is 5.92 Å². The molecule has 0 aromatic heterocycles. The van der Waals surface area contributed by atoms with E-state index in [1.54, 1.807) is 0 Å². The lowest BCUT2D eigenvalue weighted by Gasteiger charge is -2.32. The van der Waals surface area contributed by atoms with Crippen LogP contribution in [0.3, 0.4) is 0 Å². The van der Waals surface area contributed by atoms with Crippen molar-refractivity contribution in [2.24, 2.45) is 5.92 Å². The summed E-state index contributed by atoms with van der Waals surface area (Å²) in [4.78, 5) is 10.5. The molecule has 2 unspecified atom stereocenters. The number of aliphatic hydroxyl groups excluding tert-OH is 1. The third kappa shape index (κ3) is 2.80. The molecule has 1 amide bonds. The third-order valence-electron chi connectivity index (χ3n) is 3.37. The largest absolute Gasteiger partial charge is 0.465 e. The van der Waals surface area contributed by atoms with Crippen molar-refractivity contribution in [1.29, 1.82) is 0 Å². The zero-order valence-electron chi connectivity index (χ0n) is 10.1. The van der Waals surface area contributed by atoms with Gasteiger partial charge in [0.05, 0.1) is 0 Å². The maximum atomic E-state index is 10.5. The van der Waals surface area contributed by atoms with E-state index in [9.17, 15) is 9.90 Å². The molecule has 1 aliphatic heterocycles. The highest BCUT2D eigenvalue weighted by molar-refractivity contribution is 5.64. The average molecular weight is 250 g/mol. The minimum atomic E-state index is -1.06. The number of rotatable bonds is 4. The van der Waals surface area contributed by atoms with Gasteiger partial charge in [-0.25, -0.2) is 4.79 Å². The minimum Gasteiger partial charge on any atom is -0.465 e. The van der Waals surface area contributed by atoms with E-state index in [1.165, 1.54) is 5.56 Å². The van der Waals surface area contributed by atoms with Crippen LogP contribution in [0.2, 0.25) is 0 Å². The Hall–Kier alpha value is -1.59. The quantitative estimate of drug-likeness (QED) is 0.635. The Labute approximate surface area is 106 Å². The van der Waals surface area contributed by atoms with Gasteiger partial charge in [-0.2, -0.15) is 0 Å². The van der Waals surface area contributed by atoms with Crippen molar-refractivity contribution in [1.82, 2.24) is 10.6 Å². The molecular weight excluding hydrogens is 232 g/mol. The van der Waals surface area contributed by atoms with Crippen LogP contribution in [0.4, 0.5) is 4.79 Å². The van der Waals surface area contributed by atoms with Crippen LogP contribution in [0.5, 0.6) is 0 Å². The Bertz CT molecular complexity index is 422. The molecule has 0 radical (unpaired) electrons. The first-order chi connectivity index (χ1) is 8.72. The molecule has 0 aliphatic carbocycles. The van der Waals surface area contributed by atoms with Crippen LogP contribution in [0.25, 0.3) is 0 Å². The Morgan fingerprint density at radius 3 is 3.00 bits per heavy atom. The van der Waals surface area contributed by atoms with E-state index in [0.29, 0.717) is 0 Å². The van der Waals surface area contributed by atoms with Crippen molar-refractivity contribution < 1.29 is 15.0 Å². The summed E-state index contributed by atoms with van der Waals surface area (Å²) in [6.07, 6.45) is -0.0884. The fourth-order valence-corrected chi connectivity index (χ4v) is 2.46. The first-order valence-electron chi connectivity index (χ1n) is 6.11. The van der Waals surface area contributed by atoms with E-state index in [-0.39, 0.29) is 25.1 Å².